The molecule has 8 heteroatoms. The molecule has 2 aliphatic heterocycles. The highest BCUT2D eigenvalue weighted by atomic mass is 16.8. The van der Waals surface area contributed by atoms with E-state index in [2.05, 4.69) is 20.4 Å². The molecule has 2 saturated heterocycles. The standard InChI is InChI=1S/C23H34O8/c1-10-12-9-13(25)14-21-8-6-7-20(3,4)15(21)18(30-11(2)24)23(28,31-19(21)29-5)22(14,16(10)26)17(12)27/h12-19,25-28H,1,6-9H2,2-5H3/t12-,13-,14-,15+,16+,17+,18-,19-,21+,22-,23+/m0/s1. The summed E-state index contributed by atoms with van der Waals surface area (Å²) in [6, 6.07) is 0. The minimum atomic E-state index is -2.26. The lowest BCUT2D eigenvalue weighted by Crippen LogP contribution is -2.88. The molecule has 174 valence electrons. The Kier molecular flexibility index (Phi) is 4.43. The monoisotopic (exact) mass is 438 g/mol. The molecule has 4 N–H and O–H groups in total. The summed E-state index contributed by atoms with van der Waals surface area (Å²) in [5.74, 6) is -4.56. The topological polar surface area (TPSA) is 126 Å². The normalized spacial score (nSPS) is 56.7. The molecular weight excluding hydrogens is 404 g/mol. The van der Waals surface area contributed by atoms with Crippen molar-refractivity contribution >= 4 is 5.97 Å². The zero-order valence-electron chi connectivity index (χ0n) is 18.6. The molecule has 6 aliphatic rings. The van der Waals surface area contributed by atoms with Crippen LogP contribution in [0.25, 0.3) is 0 Å². The van der Waals surface area contributed by atoms with Gasteiger partial charge in [0.15, 0.2) is 12.4 Å². The molecule has 4 aliphatic carbocycles. The van der Waals surface area contributed by atoms with Gasteiger partial charge in [0.05, 0.1) is 23.7 Å². The lowest BCUT2D eigenvalue weighted by atomic mass is 9.35. The Hall–Kier alpha value is -1.03. The van der Waals surface area contributed by atoms with E-state index in [-0.39, 0.29) is 11.8 Å². The maximum atomic E-state index is 12.3. The van der Waals surface area contributed by atoms with Crippen LogP contribution in [0.2, 0.25) is 0 Å². The zero-order chi connectivity index (χ0) is 22.7. The van der Waals surface area contributed by atoms with E-state index in [1.54, 1.807) is 0 Å². The first kappa shape index (κ1) is 21.8. The van der Waals surface area contributed by atoms with Crippen molar-refractivity contribution < 1.29 is 39.4 Å². The molecule has 0 radical (unpaired) electrons. The van der Waals surface area contributed by atoms with E-state index in [1.807, 2.05) is 0 Å². The molecule has 2 heterocycles. The number of esters is 1. The first-order valence-electron chi connectivity index (χ1n) is 11.2. The summed E-state index contributed by atoms with van der Waals surface area (Å²) in [6.45, 7) is 9.40. The largest absolute Gasteiger partial charge is 0.456 e. The summed E-state index contributed by atoms with van der Waals surface area (Å²) in [7, 11) is 1.49. The third-order valence-corrected chi connectivity index (χ3v) is 9.52. The number of hydrogen-bond acceptors (Lipinski definition) is 8. The first-order chi connectivity index (χ1) is 14.4. The third-order valence-electron chi connectivity index (χ3n) is 9.52. The fourth-order valence-electron chi connectivity index (χ4n) is 8.84. The summed E-state index contributed by atoms with van der Waals surface area (Å²) in [4.78, 5) is 12.2. The van der Waals surface area contributed by atoms with Crippen LogP contribution in [0, 0.1) is 34.0 Å². The average Bonchev–Trinajstić information content (AvgIpc) is 2.79. The summed E-state index contributed by atoms with van der Waals surface area (Å²) in [6.07, 6.45) is -2.98. The van der Waals surface area contributed by atoms with Crippen molar-refractivity contribution in [1.82, 2.24) is 0 Å². The number of methoxy groups -OCH3 is 1. The number of ether oxygens (including phenoxy) is 3. The fraction of sp³-hybridized carbons (Fsp3) is 0.870. The second-order valence-electron chi connectivity index (χ2n) is 11.1. The Labute approximate surface area is 182 Å². The van der Waals surface area contributed by atoms with Crippen LogP contribution in [0.4, 0.5) is 0 Å². The highest BCUT2D eigenvalue weighted by molar-refractivity contribution is 5.66. The van der Waals surface area contributed by atoms with E-state index in [4.69, 9.17) is 14.2 Å². The van der Waals surface area contributed by atoms with Crippen molar-refractivity contribution in [1.29, 1.82) is 0 Å². The Morgan fingerprint density at radius 2 is 1.87 bits per heavy atom. The van der Waals surface area contributed by atoms with Crippen LogP contribution >= 0.6 is 0 Å². The molecule has 0 amide bonds. The van der Waals surface area contributed by atoms with Crippen LogP contribution < -0.4 is 0 Å². The van der Waals surface area contributed by atoms with Gasteiger partial charge >= 0.3 is 5.97 Å². The molecule has 8 nitrogen and oxygen atoms in total. The number of hydrogen-bond donors (Lipinski definition) is 4. The highest BCUT2D eigenvalue weighted by Crippen LogP contribution is 2.79. The van der Waals surface area contributed by atoms with Crippen molar-refractivity contribution in [3.63, 3.8) is 0 Å². The molecule has 0 unspecified atom stereocenters. The van der Waals surface area contributed by atoms with E-state index in [0.29, 0.717) is 12.0 Å². The van der Waals surface area contributed by atoms with Crippen LogP contribution in [0.15, 0.2) is 12.2 Å². The summed E-state index contributed by atoms with van der Waals surface area (Å²) < 4.78 is 17.8. The Bertz CT molecular complexity index is 826. The van der Waals surface area contributed by atoms with Gasteiger partial charge in [0.2, 0.25) is 5.79 Å². The van der Waals surface area contributed by atoms with E-state index in [1.165, 1.54) is 14.0 Å². The van der Waals surface area contributed by atoms with Gasteiger partial charge < -0.3 is 34.6 Å². The molecular formula is C23H34O8. The van der Waals surface area contributed by atoms with Gasteiger partial charge in [-0.1, -0.05) is 26.8 Å². The van der Waals surface area contributed by atoms with Crippen molar-refractivity contribution in [3.8, 4) is 0 Å². The predicted octanol–water partition coefficient (Wildman–Crippen LogP) is 0.711. The minimum Gasteiger partial charge on any atom is -0.456 e. The van der Waals surface area contributed by atoms with Crippen LogP contribution in [-0.4, -0.2) is 70.0 Å². The Morgan fingerprint density at radius 3 is 2.48 bits per heavy atom. The molecule has 31 heavy (non-hydrogen) atoms. The molecule has 2 spiro atoms. The van der Waals surface area contributed by atoms with Gasteiger partial charge in [-0.25, -0.2) is 0 Å². The lowest BCUT2D eigenvalue weighted by molar-refractivity contribution is -0.521. The number of carbonyl (C=O) groups is 1. The number of carbonyl (C=O) groups excluding carboxylic acids is 1. The summed E-state index contributed by atoms with van der Waals surface area (Å²) >= 11 is 0. The van der Waals surface area contributed by atoms with Gasteiger partial charge in [0.25, 0.3) is 0 Å². The summed E-state index contributed by atoms with van der Waals surface area (Å²) in [5.41, 5.74) is -2.56. The molecule has 4 saturated carbocycles. The molecule has 0 aromatic rings. The van der Waals surface area contributed by atoms with Gasteiger partial charge in [0, 0.05) is 37.2 Å². The Balaban J connectivity index is 1.85. The molecule has 4 bridgehead atoms. The number of aliphatic hydroxyl groups is 4. The molecule has 0 aromatic carbocycles. The van der Waals surface area contributed by atoms with Gasteiger partial charge in [0.1, 0.15) is 0 Å². The van der Waals surface area contributed by atoms with E-state index >= 15 is 0 Å². The third kappa shape index (κ3) is 2.15. The van der Waals surface area contributed by atoms with Gasteiger partial charge in [-0.05, 0) is 30.3 Å². The number of fused-ring (bicyclic) bond motifs is 2. The molecule has 6 fully saturated rings. The van der Waals surface area contributed by atoms with E-state index in [9.17, 15) is 25.2 Å². The lowest BCUT2D eigenvalue weighted by Gasteiger charge is -2.77. The van der Waals surface area contributed by atoms with Crippen molar-refractivity contribution in [3.05, 3.63) is 12.2 Å². The Morgan fingerprint density at radius 1 is 1.19 bits per heavy atom. The second kappa shape index (κ2) is 6.30. The van der Waals surface area contributed by atoms with Crippen LogP contribution in [0.5, 0.6) is 0 Å². The van der Waals surface area contributed by atoms with Gasteiger partial charge in [-0.2, -0.15) is 0 Å². The SMILES string of the molecule is C=C1[C@@H](O)[C@]23[C@H](O)[C@H]1C[C@H](O)[C@H]2[C@]12CCCC(C)(C)[C@H]1[C@H](OC(C)=O)[C@@]3(O)O[C@@H]2OC. The fourth-order valence-corrected chi connectivity index (χ4v) is 8.84. The highest BCUT2D eigenvalue weighted by Gasteiger charge is 2.89. The van der Waals surface area contributed by atoms with Crippen LogP contribution in [0.1, 0.15) is 46.5 Å². The van der Waals surface area contributed by atoms with Crippen molar-refractivity contribution in [2.45, 2.75) is 82.9 Å². The number of rotatable bonds is 2. The minimum absolute atomic E-state index is 0.239. The molecule has 6 rings (SSSR count). The smallest absolute Gasteiger partial charge is 0.303 e. The molecule has 11 atom stereocenters. The number of aliphatic hydroxyl groups excluding tert-OH is 3. The van der Waals surface area contributed by atoms with Crippen molar-refractivity contribution in [2.24, 2.45) is 34.0 Å². The summed E-state index contributed by atoms with van der Waals surface area (Å²) in [5, 5.41) is 46.7. The predicted molar refractivity (Wildman–Crippen MR) is 107 cm³/mol. The molecule has 0 aromatic heterocycles. The zero-order valence-corrected chi connectivity index (χ0v) is 18.6. The first-order valence-corrected chi connectivity index (χ1v) is 11.2. The van der Waals surface area contributed by atoms with Crippen LogP contribution in [-0.2, 0) is 19.0 Å². The van der Waals surface area contributed by atoms with Gasteiger partial charge in [-0.15, -0.1) is 0 Å². The maximum absolute atomic E-state index is 12.3. The van der Waals surface area contributed by atoms with E-state index in [0.717, 1.165) is 12.8 Å². The van der Waals surface area contributed by atoms with Crippen LogP contribution in [0.3, 0.4) is 0 Å². The average molecular weight is 439 g/mol. The second-order valence-corrected chi connectivity index (χ2v) is 11.1. The maximum Gasteiger partial charge on any atom is 0.303 e. The quantitative estimate of drug-likeness (QED) is 0.367. The van der Waals surface area contributed by atoms with Crippen molar-refractivity contribution in [2.75, 3.05) is 7.11 Å². The van der Waals surface area contributed by atoms with Gasteiger partial charge in [-0.3, -0.25) is 4.79 Å². The van der Waals surface area contributed by atoms with E-state index < -0.39 is 71.0 Å².